The number of anilines is 1. The number of nitrogens with zero attached hydrogens (tertiary/aromatic N) is 2. The van der Waals surface area contributed by atoms with Gasteiger partial charge in [-0.2, -0.15) is 0 Å². The second-order valence-electron chi connectivity index (χ2n) is 3.85. The van der Waals surface area contributed by atoms with Gasteiger partial charge in [0.2, 0.25) is 5.91 Å². The van der Waals surface area contributed by atoms with Crippen LogP contribution < -0.4 is 10.6 Å². The fraction of sp³-hybridized carbons (Fsp3) is 0.364. The van der Waals surface area contributed by atoms with Crippen LogP contribution in [0.1, 0.15) is 23.2 Å². The van der Waals surface area contributed by atoms with Crippen molar-refractivity contribution >= 4 is 17.3 Å². The van der Waals surface area contributed by atoms with Gasteiger partial charge in [-0.1, -0.05) is 0 Å². The molecule has 0 aromatic heterocycles. The third-order valence-corrected chi connectivity index (χ3v) is 2.81. The number of nitroso groups, excluding NO2 is 1. The lowest BCUT2D eigenvalue weighted by molar-refractivity contribution is 0.100. The molecule has 0 unspecified atom stereocenters. The van der Waals surface area contributed by atoms with E-state index in [1.54, 1.807) is 12.1 Å². The van der Waals surface area contributed by atoms with Crippen LogP contribution >= 0.6 is 0 Å². The Bertz CT molecular complexity index is 425. The molecule has 1 aromatic rings. The van der Waals surface area contributed by atoms with Crippen molar-refractivity contribution in [3.8, 4) is 0 Å². The van der Waals surface area contributed by atoms with Gasteiger partial charge in [0, 0.05) is 18.7 Å². The first-order valence-corrected chi connectivity index (χ1v) is 5.24. The maximum atomic E-state index is 11.1. The quantitative estimate of drug-likeness (QED) is 0.787. The van der Waals surface area contributed by atoms with Crippen molar-refractivity contribution in [2.45, 2.75) is 12.8 Å². The van der Waals surface area contributed by atoms with E-state index in [-0.39, 0.29) is 0 Å². The van der Waals surface area contributed by atoms with Crippen molar-refractivity contribution in [3.05, 3.63) is 28.7 Å². The molecule has 2 N–H and O–H groups in total. The van der Waals surface area contributed by atoms with Gasteiger partial charge in [0.05, 0.1) is 5.69 Å². The standard InChI is InChI=1S/C11H13N3O2/c12-11(15)8-3-4-9(13-16)10(7-8)14-5-1-2-6-14/h3-4,7H,1-2,5-6H2,(H2,12,15). The summed E-state index contributed by atoms with van der Waals surface area (Å²) >= 11 is 0. The van der Waals surface area contributed by atoms with Crippen LogP contribution in [0, 0.1) is 4.91 Å². The van der Waals surface area contributed by atoms with E-state index in [1.165, 1.54) is 6.07 Å². The number of nitrogens with two attached hydrogens (primary N) is 1. The summed E-state index contributed by atoms with van der Waals surface area (Å²) in [6, 6.07) is 4.71. The molecule has 1 heterocycles. The lowest BCUT2D eigenvalue weighted by Gasteiger charge is -2.19. The first kappa shape index (κ1) is 10.6. The highest BCUT2D eigenvalue weighted by Gasteiger charge is 2.17. The van der Waals surface area contributed by atoms with Gasteiger partial charge >= 0.3 is 0 Å². The molecule has 0 atom stereocenters. The number of carbonyl (C=O) groups is 1. The highest BCUT2D eigenvalue weighted by Crippen LogP contribution is 2.31. The van der Waals surface area contributed by atoms with Crippen molar-refractivity contribution in [2.24, 2.45) is 10.9 Å². The van der Waals surface area contributed by atoms with E-state index in [1.807, 2.05) is 0 Å². The van der Waals surface area contributed by atoms with Crippen LogP contribution in [0.15, 0.2) is 23.4 Å². The zero-order chi connectivity index (χ0) is 11.5. The summed E-state index contributed by atoms with van der Waals surface area (Å²) in [6.45, 7) is 1.79. The summed E-state index contributed by atoms with van der Waals surface area (Å²) in [6.07, 6.45) is 2.19. The summed E-state index contributed by atoms with van der Waals surface area (Å²) < 4.78 is 0. The zero-order valence-corrected chi connectivity index (χ0v) is 8.85. The highest BCUT2D eigenvalue weighted by molar-refractivity contribution is 5.95. The van der Waals surface area contributed by atoms with Crippen LogP contribution in [-0.2, 0) is 0 Å². The molecule has 2 rings (SSSR count). The van der Waals surface area contributed by atoms with Crippen molar-refractivity contribution in [3.63, 3.8) is 0 Å². The Hall–Kier alpha value is -1.91. The van der Waals surface area contributed by atoms with Crippen molar-refractivity contribution in [1.29, 1.82) is 0 Å². The molecular formula is C11H13N3O2. The van der Waals surface area contributed by atoms with Crippen LogP contribution in [0.2, 0.25) is 0 Å². The number of amides is 1. The van der Waals surface area contributed by atoms with Gasteiger partial charge in [0.15, 0.2) is 0 Å². The van der Waals surface area contributed by atoms with E-state index >= 15 is 0 Å². The molecule has 1 fully saturated rings. The first-order chi connectivity index (χ1) is 7.72. The number of benzene rings is 1. The van der Waals surface area contributed by atoms with E-state index < -0.39 is 5.91 Å². The summed E-state index contributed by atoms with van der Waals surface area (Å²) in [7, 11) is 0. The van der Waals surface area contributed by atoms with Crippen LogP contribution in [0.25, 0.3) is 0 Å². The van der Waals surface area contributed by atoms with E-state index in [0.717, 1.165) is 25.9 Å². The Labute approximate surface area is 93.2 Å². The van der Waals surface area contributed by atoms with Gasteiger partial charge in [0.1, 0.15) is 5.69 Å². The summed E-state index contributed by atoms with van der Waals surface area (Å²) in [5.41, 5.74) is 6.70. The van der Waals surface area contributed by atoms with Crippen LogP contribution in [-0.4, -0.2) is 19.0 Å². The van der Waals surface area contributed by atoms with Gasteiger partial charge < -0.3 is 10.6 Å². The monoisotopic (exact) mass is 219 g/mol. The minimum Gasteiger partial charge on any atom is -0.370 e. The van der Waals surface area contributed by atoms with Crippen LogP contribution in [0.5, 0.6) is 0 Å². The Kier molecular flexibility index (Phi) is 2.85. The molecule has 16 heavy (non-hydrogen) atoms. The third kappa shape index (κ3) is 1.88. The third-order valence-electron chi connectivity index (χ3n) is 2.81. The molecule has 5 heteroatoms. The molecule has 0 bridgehead atoms. The second-order valence-corrected chi connectivity index (χ2v) is 3.85. The number of hydrogen-bond acceptors (Lipinski definition) is 4. The molecule has 1 amide bonds. The molecule has 1 aliphatic rings. The predicted octanol–water partition coefficient (Wildman–Crippen LogP) is 1.78. The Morgan fingerprint density at radius 3 is 2.56 bits per heavy atom. The normalized spacial score (nSPS) is 15.1. The predicted molar refractivity (Wildman–Crippen MR) is 61.9 cm³/mol. The molecule has 5 nitrogen and oxygen atoms in total. The van der Waals surface area contributed by atoms with Gasteiger partial charge in [-0.05, 0) is 36.2 Å². The van der Waals surface area contributed by atoms with E-state index in [9.17, 15) is 9.70 Å². The topological polar surface area (TPSA) is 75.8 Å². The van der Waals surface area contributed by atoms with Gasteiger partial charge in [-0.25, -0.2) is 0 Å². The highest BCUT2D eigenvalue weighted by atomic mass is 16.3. The fourth-order valence-corrected chi connectivity index (χ4v) is 1.97. The van der Waals surface area contributed by atoms with Crippen LogP contribution in [0.4, 0.5) is 11.4 Å². The fourth-order valence-electron chi connectivity index (χ4n) is 1.97. The largest absolute Gasteiger partial charge is 0.370 e. The van der Waals surface area contributed by atoms with Gasteiger partial charge in [0.25, 0.3) is 0 Å². The van der Waals surface area contributed by atoms with Crippen LogP contribution in [0.3, 0.4) is 0 Å². The molecule has 0 saturated carbocycles. The lowest BCUT2D eigenvalue weighted by atomic mass is 10.1. The molecule has 0 aliphatic carbocycles. The summed E-state index contributed by atoms with van der Waals surface area (Å²) in [5, 5.41) is 2.97. The lowest BCUT2D eigenvalue weighted by Crippen LogP contribution is -2.19. The number of hydrogen-bond donors (Lipinski definition) is 1. The summed E-state index contributed by atoms with van der Waals surface area (Å²) in [5.74, 6) is -0.488. The Balaban J connectivity index is 2.42. The van der Waals surface area contributed by atoms with Crippen molar-refractivity contribution in [1.82, 2.24) is 0 Å². The minimum absolute atomic E-state index is 0.368. The maximum absolute atomic E-state index is 11.1. The molecule has 1 aromatic carbocycles. The van der Waals surface area contributed by atoms with E-state index in [0.29, 0.717) is 16.9 Å². The zero-order valence-electron chi connectivity index (χ0n) is 8.85. The number of carbonyl (C=O) groups excluding carboxylic acids is 1. The van der Waals surface area contributed by atoms with E-state index in [2.05, 4.69) is 10.1 Å². The number of primary amides is 1. The Morgan fingerprint density at radius 1 is 1.31 bits per heavy atom. The smallest absolute Gasteiger partial charge is 0.248 e. The van der Waals surface area contributed by atoms with Gasteiger partial charge in [-0.15, -0.1) is 4.91 Å². The van der Waals surface area contributed by atoms with Crippen molar-refractivity contribution < 1.29 is 4.79 Å². The molecular weight excluding hydrogens is 206 g/mol. The number of rotatable bonds is 3. The van der Waals surface area contributed by atoms with Crippen molar-refractivity contribution in [2.75, 3.05) is 18.0 Å². The average molecular weight is 219 g/mol. The second kappa shape index (κ2) is 4.30. The summed E-state index contributed by atoms with van der Waals surface area (Å²) in [4.78, 5) is 23.8. The van der Waals surface area contributed by atoms with E-state index in [4.69, 9.17) is 5.73 Å². The first-order valence-electron chi connectivity index (χ1n) is 5.24. The molecule has 0 spiro atoms. The molecule has 84 valence electrons. The molecule has 0 radical (unpaired) electrons. The van der Waals surface area contributed by atoms with Gasteiger partial charge in [-0.3, -0.25) is 4.79 Å². The minimum atomic E-state index is -0.488. The SMILES string of the molecule is NC(=O)c1ccc(N=O)c(N2CCCC2)c1. The average Bonchev–Trinajstić information content (AvgIpc) is 2.81. The maximum Gasteiger partial charge on any atom is 0.248 e. The molecule has 1 saturated heterocycles. The Morgan fingerprint density at radius 2 is 2.00 bits per heavy atom. The molecule has 1 aliphatic heterocycles.